The zero-order chi connectivity index (χ0) is 22.9. The second kappa shape index (κ2) is 11.2. The third-order valence-electron chi connectivity index (χ3n) is 4.89. The Labute approximate surface area is 185 Å². The lowest BCUT2D eigenvalue weighted by atomic mass is 10.1. The number of carbonyl (C=O) groups excluding carboxylic acids is 1. The third kappa shape index (κ3) is 6.04. The summed E-state index contributed by atoms with van der Waals surface area (Å²) in [6, 6.07) is 11.2. The molecule has 3 aromatic rings. The van der Waals surface area contributed by atoms with E-state index >= 15 is 0 Å². The SMILES string of the molecule is COCCN(CCc1nc(-c2ccc(OC)c(OC)c2)no1)C(=O)Cc1ccc(F)cc1. The van der Waals surface area contributed by atoms with Crippen molar-refractivity contribution in [3.63, 3.8) is 0 Å². The van der Waals surface area contributed by atoms with Gasteiger partial charge in [0.25, 0.3) is 0 Å². The number of benzene rings is 2. The van der Waals surface area contributed by atoms with E-state index in [-0.39, 0.29) is 18.1 Å². The average Bonchev–Trinajstić information content (AvgIpc) is 3.29. The van der Waals surface area contributed by atoms with E-state index in [0.717, 1.165) is 11.1 Å². The van der Waals surface area contributed by atoms with Crippen LogP contribution < -0.4 is 9.47 Å². The van der Waals surface area contributed by atoms with E-state index in [4.69, 9.17) is 18.7 Å². The minimum atomic E-state index is -0.334. The first-order valence-electron chi connectivity index (χ1n) is 10.1. The average molecular weight is 443 g/mol. The molecule has 1 heterocycles. The van der Waals surface area contributed by atoms with Crippen LogP contribution >= 0.6 is 0 Å². The minimum absolute atomic E-state index is 0.0895. The van der Waals surface area contributed by atoms with Crippen molar-refractivity contribution in [2.45, 2.75) is 12.8 Å². The molecule has 0 fully saturated rings. The Morgan fingerprint density at radius 2 is 1.78 bits per heavy atom. The van der Waals surface area contributed by atoms with E-state index in [1.807, 2.05) is 6.07 Å². The number of rotatable bonds is 11. The van der Waals surface area contributed by atoms with Crippen LogP contribution in [-0.4, -0.2) is 62.0 Å². The quantitative estimate of drug-likeness (QED) is 0.450. The van der Waals surface area contributed by atoms with E-state index in [9.17, 15) is 9.18 Å². The number of halogens is 1. The van der Waals surface area contributed by atoms with Gasteiger partial charge in [0.05, 0.1) is 27.2 Å². The number of aromatic nitrogens is 2. The highest BCUT2D eigenvalue weighted by atomic mass is 19.1. The molecule has 0 radical (unpaired) electrons. The number of ether oxygens (including phenoxy) is 3. The van der Waals surface area contributed by atoms with Crippen molar-refractivity contribution in [3.05, 3.63) is 59.7 Å². The van der Waals surface area contributed by atoms with Crippen LogP contribution in [0.5, 0.6) is 11.5 Å². The molecule has 2 aromatic carbocycles. The summed E-state index contributed by atoms with van der Waals surface area (Å²) in [7, 11) is 4.70. The number of hydrogen-bond donors (Lipinski definition) is 0. The highest BCUT2D eigenvalue weighted by Crippen LogP contribution is 2.31. The van der Waals surface area contributed by atoms with Crippen molar-refractivity contribution in [1.82, 2.24) is 15.0 Å². The largest absolute Gasteiger partial charge is 0.493 e. The molecule has 1 aromatic heterocycles. The number of amides is 1. The van der Waals surface area contributed by atoms with E-state index in [0.29, 0.717) is 49.3 Å². The molecule has 9 heteroatoms. The van der Waals surface area contributed by atoms with Crippen molar-refractivity contribution < 1.29 is 27.9 Å². The lowest BCUT2D eigenvalue weighted by molar-refractivity contribution is -0.131. The maximum atomic E-state index is 13.1. The van der Waals surface area contributed by atoms with Crippen LogP contribution in [0, 0.1) is 5.82 Å². The number of hydrogen-bond acceptors (Lipinski definition) is 7. The van der Waals surface area contributed by atoms with Crippen LogP contribution in [-0.2, 0) is 22.4 Å². The standard InChI is InChI=1S/C23H26FN3O5/c1-29-13-12-27(22(28)14-16-4-7-18(24)8-5-16)11-10-21-25-23(26-32-21)17-6-9-19(30-2)20(15-17)31-3/h4-9,15H,10-14H2,1-3H3. The van der Waals surface area contributed by atoms with Gasteiger partial charge in [0.15, 0.2) is 11.5 Å². The van der Waals surface area contributed by atoms with Gasteiger partial charge in [-0.15, -0.1) is 0 Å². The molecule has 0 atom stereocenters. The van der Waals surface area contributed by atoms with Gasteiger partial charge in [-0.1, -0.05) is 17.3 Å². The molecule has 0 aliphatic carbocycles. The fourth-order valence-electron chi connectivity index (χ4n) is 3.13. The molecule has 170 valence electrons. The van der Waals surface area contributed by atoms with E-state index < -0.39 is 0 Å². The molecule has 3 rings (SSSR count). The normalized spacial score (nSPS) is 10.8. The predicted molar refractivity (Wildman–Crippen MR) is 115 cm³/mol. The summed E-state index contributed by atoms with van der Waals surface area (Å²) >= 11 is 0. The van der Waals surface area contributed by atoms with Crippen LogP contribution in [0.4, 0.5) is 4.39 Å². The van der Waals surface area contributed by atoms with Crippen LogP contribution in [0.25, 0.3) is 11.4 Å². The van der Waals surface area contributed by atoms with Crippen molar-refractivity contribution in [2.24, 2.45) is 0 Å². The Hall–Kier alpha value is -3.46. The van der Waals surface area contributed by atoms with Crippen molar-refractivity contribution in [3.8, 4) is 22.9 Å². The van der Waals surface area contributed by atoms with Crippen molar-refractivity contribution in [1.29, 1.82) is 0 Å². The van der Waals surface area contributed by atoms with Gasteiger partial charge in [-0.05, 0) is 35.9 Å². The summed E-state index contributed by atoms with van der Waals surface area (Å²) in [4.78, 5) is 18.9. The second-order valence-electron chi connectivity index (χ2n) is 7.01. The maximum absolute atomic E-state index is 13.1. The van der Waals surface area contributed by atoms with Gasteiger partial charge in [0.1, 0.15) is 5.82 Å². The topological polar surface area (TPSA) is 86.9 Å². The van der Waals surface area contributed by atoms with E-state index in [2.05, 4.69) is 10.1 Å². The summed E-state index contributed by atoms with van der Waals surface area (Å²) in [5.41, 5.74) is 1.47. The number of methoxy groups -OCH3 is 3. The maximum Gasteiger partial charge on any atom is 0.228 e. The van der Waals surface area contributed by atoms with Crippen molar-refractivity contribution >= 4 is 5.91 Å². The van der Waals surface area contributed by atoms with Crippen LogP contribution in [0.3, 0.4) is 0 Å². The molecular weight excluding hydrogens is 417 g/mol. The van der Waals surface area contributed by atoms with Gasteiger partial charge in [-0.3, -0.25) is 4.79 Å². The van der Waals surface area contributed by atoms with Crippen LogP contribution in [0.15, 0.2) is 47.0 Å². The number of carbonyl (C=O) groups is 1. The molecule has 0 spiro atoms. The zero-order valence-electron chi connectivity index (χ0n) is 18.3. The Morgan fingerprint density at radius 1 is 1.03 bits per heavy atom. The first-order chi connectivity index (χ1) is 15.5. The van der Waals surface area contributed by atoms with Gasteiger partial charge in [-0.25, -0.2) is 4.39 Å². The second-order valence-corrected chi connectivity index (χ2v) is 7.01. The van der Waals surface area contributed by atoms with Gasteiger partial charge >= 0.3 is 0 Å². The molecule has 8 nitrogen and oxygen atoms in total. The van der Waals surface area contributed by atoms with Crippen LogP contribution in [0.2, 0.25) is 0 Å². The molecule has 0 saturated heterocycles. The summed E-state index contributed by atoms with van der Waals surface area (Å²) in [6.45, 7) is 1.21. The van der Waals surface area contributed by atoms with E-state index in [1.165, 1.54) is 12.1 Å². The summed E-state index contributed by atoms with van der Waals surface area (Å²) in [5, 5.41) is 4.03. The van der Waals surface area contributed by atoms with Gasteiger partial charge < -0.3 is 23.6 Å². The molecule has 0 aliphatic heterocycles. The van der Waals surface area contributed by atoms with Crippen molar-refractivity contribution in [2.75, 3.05) is 41.0 Å². The minimum Gasteiger partial charge on any atom is -0.493 e. The smallest absolute Gasteiger partial charge is 0.228 e. The first kappa shape index (κ1) is 23.2. The Morgan fingerprint density at radius 3 is 2.47 bits per heavy atom. The molecule has 0 unspecified atom stereocenters. The summed E-state index contributed by atoms with van der Waals surface area (Å²) < 4.78 is 34.2. The molecule has 0 saturated carbocycles. The van der Waals surface area contributed by atoms with Gasteiger partial charge in [-0.2, -0.15) is 4.98 Å². The molecule has 0 bridgehead atoms. The molecule has 0 N–H and O–H groups in total. The highest BCUT2D eigenvalue weighted by molar-refractivity contribution is 5.78. The fraction of sp³-hybridized carbons (Fsp3) is 0.348. The lowest BCUT2D eigenvalue weighted by Gasteiger charge is -2.21. The third-order valence-corrected chi connectivity index (χ3v) is 4.89. The summed E-state index contributed by atoms with van der Waals surface area (Å²) in [5.74, 6) is 1.57. The predicted octanol–water partition coefficient (Wildman–Crippen LogP) is 3.15. The zero-order valence-corrected chi connectivity index (χ0v) is 18.3. The molecular formula is C23H26FN3O5. The Bertz CT molecular complexity index is 1020. The summed E-state index contributed by atoms with van der Waals surface area (Å²) in [6.07, 6.45) is 0.559. The lowest BCUT2D eigenvalue weighted by Crippen LogP contribution is -2.36. The molecule has 1 amide bonds. The Kier molecular flexibility index (Phi) is 8.15. The van der Waals surface area contributed by atoms with Crippen LogP contribution in [0.1, 0.15) is 11.5 Å². The van der Waals surface area contributed by atoms with Gasteiger partial charge in [0, 0.05) is 32.2 Å². The Balaban J connectivity index is 1.65. The fourth-order valence-corrected chi connectivity index (χ4v) is 3.13. The number of nitrogens with zero attached hydrogens (tertiary/aromatic N) is 3. The monoisotopic (exact) mass is 443 g/mol. The van der Waals surface area contributed by atoms with E-state index in [1.54, 1.807) is 50.5 Å². The molecule has 32 heavy (non-hydrogen) atoms. The van der Waals surface area contributed by atoms with Gasteiger partial charge in [0.2, 0.25) is 17.6 Å². The highest BCUT2D eigenvalue weighted by Gasteiger charge is 2.17. The molecule has 0 aliphatic rings. The first-order valence-corrected chi connectivity index (χ1v) is 10.1.